The molecule has 2 rings (SSSR count). The van der Waals surface area contributed by atoms with Gasteiger partial charge in [0.1, 0.15) is 5.82 Å². The zero-order valence-electron chi connectivity index (χ0n) is 18.6. The lowest BCUT2D eigenvalue weighted by Gasteiger charge is -2.32. The van der Waals surface area contributed by atoms with Gasteiger partial charge in [-0.3, -0.25) is 4.79 Å². The second kappa shape index (κ2) is 6.70. The fourth-order valence-corrected chi connectivity index (χ4v) is 2.31. The molecular weight excluding hydrogens is 294 g/mol. The molecule has 3 atom stereocenters. The zero-order valence-corrected chi connectivity index (χ0v) is 13.6. The molecule has 5 N–H and O–H groups in total. The van der Waals surface area contributed by atoms with E-state index < -0.39 is 30.8 Å². The third-order valence-corrected chi connectivity index (χ3v) is 3.41. The van der Waals surface area contributed by atoms with Gasteiger partial charge < -0.3 is 21.5 Å². The number of anilines is 2. The topological polar surface area (TPSA) is 113 Å². The van der Waals surface area contributed by atoms with Crippen LogP contribution in [-0.4, -0.2) is 38.6 Å². The fraction of sp³-hybridized carbons (Fsp3) is 0.688. The van der Waals surface area contributed by atoms with Gasteiger partial charge in [-0.15, -0.1) is 0 Å². The van der Waals surface area contributed by atoms with Crippen LogP contribution in [0.1, 0.15) is 64.1 Å². The molecule has 23 heavy (non-hydrogen) atoms. The molecule has 7 heteroatoms. The Balaban J connectivity index is 2.28. The molecule has 1 aliphatic carbocycles. The molecule has 1 amide bonds. The molecule has 0 bridgehead atoms. The van der Waals surface area contributed by atoms with Gasteiger partial charge in [-0.2, -0.15) is 4.98 Å². The molecule has 1 aromatic heterocycles. The average molecular weight is 326 g/mol. The molecule has 0 aromatic carbocycles. The van der Waals surface area contributed by atoms with Crippen molar-refractivity contribution in [1.82, 2.24) is 9.97 Å². The van der Waals surface area contributed by atoms with Crippen LogP contribution >= 0.6 is 0 Å². The quantitative estimate of drug-likeness (QED) is 0.670. The number of primary amides is 1. The normalized spacial score (nSPS) is 35.1. The molecule has 0 saturated heterocycles. The highest BCUT2D eigenvalue weighted by Crippen LogP contribution is 2.27. The second-order valence-corrected chi connectivity index (χ2v) is 6.70. The van der Waals surface area contributed by atoms with Crippen molar-refractivity contribution >= 4 is 17.7 Å². The van der Waals surface area contributed by atoms with E-state index in [1.54, 1.807) is 0 Å². The van der Waals surface area contributed by atoms with Gasteiger partial charge in [0.25, 0.3) is 5.91 Å². The first kappa shape index (κ1) is 11.6. The molecule has 1 saturated carbocycles. The van der Waals surface area contributed by atoms with Crippen LogP contribution in [0.5, 0.6) is 0 Å². The third kappa shape index (κ3) is 4.79. The molecule has 1 aromatic rings. The Bertz CT molecular complexity index is 750. The van der Waals surface area contributed by atoms with Gasteiger partial charge in [-0.25, -0.2) is 4.98 Å². The highest BCUT2D eigenvalue weighted by atomic mass is 16.3. The fourth-order valence-electron chi connectivity index (χ4n) is 2.31. The lowest BCUT2D eigenvalue weighted by molar-refractivity contribution is 0.0739. The van der Waals surface area contributed by atoms with Crippen molar-refractivity contribution in [3.63, 3.8) is 0 Å². The van der Waals surface area contributed by atoms with E-state index in [1.807, 2.05) is 20.8 Å². The third-order valence-electron chi connectivity index (χ3n) is 3.41. The Hall–Kier alpha value is -1.89. The number of aliphatic hydroxyl groups is 1. The summed E-state index contributed by atoms with van der Waals surface area (Å²) in [6, 6.07) is -0.571. The lowest BCUT2D eigenvalue weighted by Crippen LogP contribution is -2.36. The number of carbonyl (C=O) groups is 1. The Morgan fingerprint density at radius 3 is 2.83 bits per heavy atom. The molecule has 0 radical (unpaired) electrons. The summed E-state index contributed by atoms with van der Waals surface area (Å²) in [5, 5.41) is 16.4. The number of rotatable bonds is 4. The maximum atomic E-state index is 11.7. The average Bonchev–Trinajstić information content (AvgIpc) is 2.47. The van der Waals surface area contributed by atoms with Crippen molar-refractivity contribution in [3.8, 4) is 0 Å². The van der Waals surface area contributed by atoms with Crippen LogP contribution in [0.25, 0.3) is 0 Å². The summed E-state index contributed by atoms with van der Waals surface area (Å²) in [6.45, 7) is 2.94. The summed E-state index contributed by atoms with van der Waals surface area (Å²) in [5.74, 6) is -2.66. The van der Waals surface area contributed by atoms with E-state index in [2.05, 4.69) is 20.6 Å². The van der Waals surface area contributed by atoms with E-state index >= 15 is 0 Å². The summed E-state index contributed by atoms with van der Waals surface area (Å²) < 4.78 is 38.8. The number of hydrogen-bond acceptors (Lipinski definition) is 6. The summed E-state index contributed by atoms with van der Waals surface area (Å²) in [7, 11) is 0. The first-order valence-electron chi connectivity index (χ1n) is 10.00. The van der Waals surface area contributed by atoms with E-state index in [0.29, 0.717) is 0 Å². The van der Waals surface area contributed by atoms with Gasteiger partial charge in [0.15, 0.2) is 0 Å². The smallest absolute Gasteiger partial charge is 0.254 e. The number of aromatic nitrogens is 2. The Kier molecular flexibility index (Phi) is 3.38. The molecule has 0 spiro atoms. The van der Waals surface area contributed by atoms with E-state index in [4.69, 9.17) is 12.6 Å². The van der Waals surface area contributed by atoms with Gasteiger partial charge in [-0.1, -0.05) is 6.85 Å². The minimum Gasteiger partial charge on any atom is -0.393 e. The highest BCUT2D eigenvalue weighted by molar-refractivity contribution is 5.97. The lowest BCUT2D eigenvalue weighted by atomic mass is 9.85. The molecule has 7 nitrogen and oxygen atoms in total. The van der Waals surface area contributed by atoms with Crippen LogP contribution in [0.4, 0.5) is 11.8 Å². The summed E-state index contributed by atoms with van der Waals surface area (Å²) in [4.78, 5) is 20.1. The first-order chi connectivity index (χ1) is 12.6. The van der Waals surface area contributed by atoms with Crippen molar-refractivity contribution in [1.29, 1.82) is 0 Å². The van der Waals surface area contributed by atoms with Crippen molar-refractivity contribution in [2.45, 2.75) is 64.5 Å². The maximum absolute atomic E-state index is 11.7. The van der Waals surface area contributed by atoms with Gasteiger partial charge in [0.2, 0.25) is 5.95 Å². The van der Waals surface area contributed by atoms with E-state index in [0.717, 1.165) is 0 Å². The number of hydrogen-bond donors (Lipinski definition) is 4. The van der Waals surface area contributed by atoms with Gasteiger partial charge in [-0.05, 0) is 45.9 Å². The number of nitrogens with zero attached hydrogens (tertiary/aromatic N) is 2. The largest absolute Gasteiger partial charge is 0.393 e. The van der Waals surface area contributed by atoms with Gasteiger partial charge in [0.05, 0.1) is 13.0 Å². The number of carbonyl (C=O) groups excluding carboxylic acids is 1. The Morgan fingerprint density at radius 1 is 1.52 bits per heavy atom. The van der Waals surface area contributed by atoms with E-state index in [1.165, 1.54) is 6.20 Å². The minimum absolute atomic E-state index is 0.0338. The predicted molar refractivity (Wildman–Crippen MR) is 90.4 cm³/mol. The molecule has 1 aliphatic rings. The van der Waals surface area contributed by atoms with Crippen LogP contribution < -0.4 is 16.4 Å². The molecular formula is C16H27N5O2. The monoisotopic (exact) mass is 326 g/mol. The summed E-state index contributed by atoms with van der Waals surface area (Å²) in [5.41, 5.74) is 5.08. The highest BCUT2D eigenvalue weighted by Gasteiger charge is 2.27. The summed E-state index contributed by atoms with van der Waals surface area (Å²) >= 11 is 0. The first-order valence-corrected chi connectivity index (χ1v) is 7.50. The van der Waals surface area contributed by atoms with Gasteiger partial charge >= 0.3 is 0 Å². The van der Waals surface area contributed by atoms with Crippen LogP contribution in [-0.2, 0) is 0 Å². The molecule has 1 heterocycles. The summed E-state index contributed by atoms with van der Waals surface area (Å²) in [6.07, 6.45) is -1.56. The minimum atomic E-state index is -2.80. The molecule has 0 aliphatic heterocycles. The second-order valence-electron chi connectivity index (χ2n) is 6.70. The van der Waals surface area contributed by atoms with E-state index in [9.17, 15) is 9.90 Å². The number of nitrogens with two attached hydrogens (primary N) is 1. The van der Waals surface area contributed by atoms with Crippen LogP contribution in [0, 0.1) is 5.89 Å². The molecule has 3 unspecified atom stereocenters. The number of amides is 1. The Morgan fingerprint density at radius 2 is 2.26 bits per heavy atom. The van der Waals surface area contributed by atoms with Gasteiger partial charge in [0, 0.05) is 23.3 Å². The van der Waals surface area contributed by atoms with Crippen molar-refractivity contribution in [2.75, 3.05) is 10.6 Å². The van der Waals surface area contributed by atoms with Crippen LogP contribution in [0.15, 0.2) is 6.20 Å². The Labute approximate surface area is 144 Å². The van der Waals surface area contributed by atoms with E-state index in [-0.39, 0.29) is 42.1 Å². The maximum Gasteiger partial charge on any atom is 0.254 e. The molecule has 128 valence electrons. The van der Waals surface area contributed by atoms with Crippen molar-refractivity contribution in [3.05, 3.63) is 11.8 Å². The van der Waals surface area contributed by atoms with Crippen molar-refractivity contribution in [2.24, 2.45) is 11.6 Å². The van der Waals surface area contributed by atoms with Crippen LogP contribution in [0.3, 0.4) is 0 Å². The predicted octanol–water partition coefficient (Wildman–Crippen LogP) is 1.75. The SMILES string of the molecule is [2H]C([2H])([2H])C1([2H])CCC(Nc2nc(NC(C)(C)C)ncc2C(N)=O)CC1([2H])O. The standard InChI is InChI=1S/C16H27N5O2/c1-9-5-6-10(7-12(9)22)19-14-11(13(17)23)8-18-15(20-14)21-16(2,3)4/h8-10,12,22H,5-7H2,1-4H3,(H2,17,23)(H2,18,19,20,21)/i1D3,9D,12D. The zero-order chi connectivity index (χ0) is 21.5. The molecule has 1 fully saturated rings. The van der Waals surface area contributed by atoms with Crippen molar-refractivity contribution < 1.29 is 16.8 Å². The number of nitrogens with one attached hydrogen (secondary N) is 2. The van der Waals surface area contributed by atoms with Crippen LogP contribution in [0.2, 0.25) is 0 Å².